The summed E-state index contributed by atoms with van der Waals surface area (Å²) in [5.41, 5.74) is 3.99. The maximum Gasteiger partial charge on any atom is 0.260 e. The third kappa shape index (κ3) is 3.37. The van der Waals surface area contributed by atoms with E-state index >= 15 is 0 Å². The van der Waals surface area contributed by atoms with Crippen LogP contribution in [0.15, 0.2) is 83.6 Å². The molecule has 0 saturated heterocycles. The fraction of sp³-hybridized carbons (Fsp3) is 0.167. The minimum absolute atomic E-state index is 0.225. The number of nitrogens with zero attached hydrogens (tertiary/aromatic N) is 3. The van der Waals surface area contributed by atoms with Gasteiger partial charge in [0.25, 0.3) is 5.91 Å². The van der Waals surface area contributed by atoms with Gasteiger partial charge in [0, 0.05) is 24.0 Å². The summed E-state index contributed by atoms with van der Waals surface area (Å²) in [6.45, 7) is 2.74. The van der Waals surface area contributed by atoms with Gasteiger partial charge >= 0.3 is 0 Å². The molecule has 30 heavy (non-hydrogen) atoms. The van der Waals surface area contributed by atoms with E-state index in [1.807, 2.05) is 42.6 Å². The van der Waals surface area contributed by atoms with Gasteiger partial charge in [-0.15, -0.1) is 0 Å². The lowest BCUT2D eigenvalue weighted by atomic mass is 10.1. The molecule has 1 unspecified atom stereocenters. The summed E-state index contributed by atoms with van der Waals surface area (Å²) in [4.78, 5) is 15.2. The number of benzene rings is 2. The van der Waals surface area contributed by atoms with Crippen molar-refractivity contribution in [2.24, 2.45) is 0 Å². The van der Waals surface area contributed by atoms with Crippen LogP contribution < -0.4 is 10.2 Å². The van der Waals surface area contributed by atoms with E-state index in [0.29, 0.717) is 29.7 Å². The van der Waals surface area contributed by atoms with Crippen LogP contribution in [0.25, 0.3) is 5.69 Å². The Morgan fingerprint density at radius 2 is 1.90 bits per heavy atom. The Morgan fingerprint density at radius 3 is 2.77 bits per heavy atom. The fourth-order valence-corrected chi connectivity index (χ4v) is 3.99. The maximum atomic E-state index is 12.9. The molecule has 3 heterocycles. The first-order chi connectivity index (χ1) is 14.7. The number of carbonyl (C=O) groups is 1. The summed E-state index contributed by atoms with van der Waals surface area (Å²) < 4.78 is 7.43. The molecule has 0 spiro atoms. The van der Waals surface area contributed by atoms with Gasteiger partial charge in [0.1, 0.15) is 5.76 Å². The Balaban J connectivity index is 1.33. The number of rotatable bonds is 5. The van der Waals surface area contributed by atoms with Crippen molar-refractivity contribution in [2.45, 2.75) is 25.9 Å². The van der Waals surface area contributed by atoms with E-state index in [2.05, 4.69) is 40.4 Å². The molecule has 2 aromatic heterocycles. The van der Waals surface area contributed by atoms with E-state index in [4.69, 9.17) is 4.42 Å². The normalized spacial score (nSPS) is 15.2. The van der Waals surface area contributed by atoms with Crippen LogP contribution in [0.3, 0.4) is 0 Å². The molecule has 0 bridgehead atoms. The van der Waals surface area contributed by atoms with E-state index in [1.165, 1.54) is 11.3 Å². The summed E-state index contributed by atoms with van der Waals surface area (Å²) in [5, 5.41) is 7.33. The van der Waals surface area contributed by atoms with Gasteiger partial charge in [-0.05, 0) is 43.2 Å². The molecular weight excluding hydrogens is 376 g/mol. The molecule has 0 fully saturated rings. The minimum Gasteiger partial charge on any atom is -0.467 e. The lowest BCUT2D eigenvalue weighted by molar-refractivity contribution is 0.102. The number of nitrogens with one attached hydrogen (secondary N) is 1. The predicted molar refractivity (Wildman–Crippen MR) is 116 cm³/mol. The van der Waals surface area contributed by atoms with Crippen molar-refractivity contribution in [3.63, 3.8) is 0 Å². The van der Waals surface area contributed by atoms with Crippen molar-refractivity contribution in [3.8, 4) is 5.69 Å². The highest BCUT2D eigenvalue weighted by Crippen LogP contribution is 2.33. The molecule has 5 rings (SSSR count). The Kier molecular flexibility index (Phi) is 4.59. The third-order valence-corrected chi connectivity index (χ3v) is 5.50. The first-order valence-corrected chi connectivity index (χ1v) is 10.0. The number of fused-ring (bicyclic) bond motifs is 1. The second-order valence-electron chi connectivity index (χ2n) is 7.50. The Hall–Kier alpha value is -3.80. The highest BCUT2D eigenvalue weighted by molar-refractivity contribution is 6.04. The zero-order valence-electron chi connectivity index (χ0n) is 16.7. The molecule has 1 atom stereocenters. The quantitative estimate of drug-likeness (QED) is 0.531. The standard InChI is InChI=1S/C24H22N4O2/c1-17-15-18-7-5-6-10-21(18)27(17)16-22-20(12-14-30-22)24(29)25-23-11-13-28(26-23)19-8-3-2-4-9-19/h2-14,17H,15-16H2,1H3,(H,25,26,29). The number of anilines is 2. The highest BCUT2D eigenvalue weighted by Gasteiger charge is 2.28. The van der Waals surface area contributed by atoms with Crippen molar-refractivity contribution in [1.82, 2.24) is 9.78 Å². The number of para-hydroxylation sites is 2. The minimum atomic E-state index is -0.225. The van der Waals surface area contributed by atoms with Gasteiger partial charge in [-0.2, -0.15) is 5.10 Å². The first kappa shape index (κ1) is 18.2. The van der Waals surface area contributed by atoms with E-state index in [-0.39, 0.29) is 5.91 Å². The van der Waals surface area contributed by atoms with Crippen LogP contribution in [0.2, 0.25) is 0 Å². The van der Waals surface area contributed by atoms with Crippen molar-refractivity contribution in [3.05, 3.63) is 96.1 Å². The Morgan fingerprint density at radius 1 is 1.10 bits per heavy atom. The van der Waals surface area contributed by atoms with Crippen LogP contribution in [0.4, 0.5) is 11.5 Å². The highest BCUT2D eigenvalue weighted by atomic mass is 16.3. The van der Waals surface area contributed by atoms with Crippen LogP contribution >= 0.6 is 0 Å². The molecule has 1 amide bonds. The van der Waals surface area contributed by atoms with Crippen LogP contribution in [0, 0.1) is 0 Å². The van der Waals surface area contributed by atoms with Crippen molar-refractivity contribution < 1.29 is 9.21 Å². The summed E-state index contributed by atoms with van der Waals surface area (Å²) in [6.07, 6.45) is 4.39. The zero-order chi connectivity index (χ0) is 20.5. The molecule has 0 aliphatic carbocycles. The van der Waals surface area contributed by atoms with Gasteiger partial charge in [0.15, 0.2) is 5.82 Å². The lowest BCUT2D eigenvalue weighted by Gasteiger charge is -2.24. The fourth-order valence-electron chi connectivity index (χ4n) is 3.99. The van der Waals surface area contributed by atoms with E-state index in [1.54, 1.807) is 23.1 Å². The molecule has 6 heteroatoms. The number of carbonyl (C=O) groups excluding carboxylic acids is 1. The number of hydrogen-bond acceptors (Lipinski definition) is 4. The zero-order valence-corrected chi connectivity index (χ0v) is 16.7. The van der Waals surface area contributed by atoms with Crippen LogP contribution in [-0.2, 0) is 13.0 Å². The van der Waals surface area contributed by atoms with Crippen molar-refractivity contribution in [2.75, 3.05) is 10.2 Å². The van der Waals surface area contributed by atoms with Gasteiger partial charge in [0.2, 0.25) is 0 Å². The summed E-state index contributed by atoms with van der Waals surface area (Å²) in [5.74, 6) is 0.923. The number of hydrogen-bond donors (Lipinski definition) is 1. The van der Waals surface area contributed by atoms with Gasteiger partial charge in [-0.25, -0.2) is 4.68 Å². The molecule has 150 valence electrons. The smallest absolute Gasteiger partial charge is 0.260 e. The summed E-state index contributed by atoms with van der Waals surface area (Å²) in [6, 6.07) is 22.0. The second kappa shape index (κ2) is 7.55. The SMILES string of the molecule is CC1Cc2ccccc2N1Cc1occc1C(=O)Nc1ccn(-c2ccccc2)n1. The number of furan rings is 1. The van der Waals surface area contributed by atoms with Crippen molar-refractivity contribution >= 4 is 17.4 Å². The molecule has 1 aliphatic heterocycles. The maximum absolute atomic E-state index is 12.9. The third-order valence-electron chi connectivity index (χ3n) is 5.50. The molecular formula is C24H22N4O2. The van der Waals surface area contributed by atoms with Gasteiger partial charge in [0.05, 0.1) is 24.1 Å². The molecule has 0 saturated carbocycles. The van der Waals surface area contributed by atoms with Crippen LogP contribution in [0.1, 0.15) is 28.6 Å². The number of aromatic nitrogens is 2. The first-order valence-electron chi connectivity index (χ1n) is 10.0. The second-order valence-corrected chi connectivity index (χ2v) is 7.50. The molecule has 6 nitrogen and oxygen atoms in total. The molecule has 4 aromatic rings. The predicted octanol–water partition coefficient (Wildman–Crippen LogP) is 4.67. The van der Waals surface area contributed by atoms with Crippen LogP contribution in [-0.4, -0.2) is 21.7 Å². The molecule has 1 N–H and O–H groups in total. The average Bonchev–Trinajstić information content (AvgIpc) is 3.49. The Bertz CT molecular complexity index is 1180. The largest absolute Gasteiger partial charge is 0.467 e. The van der Waals surface area contributed by atoms with Crippen molar-refractivity contribution in [1.29, 1.82) is 0 Å². The molecule has 2 aromatic carbocycles. The molecule has 1 aliphatic rings. The van der Waals surface area contributed by atoms with Gasteiger partial charge in [-0.1, -0.05) is 36.4 Å². The monoisotopic (exact) mass is 398 g/mol. The summed E-state index contributed by atoms with van der Waals surface area (Å²) >= 11 is 0. The lowest BCUT2D eigenvalue weighted by Crippen LogP contribution is -2.29. The number of amides is 1. The average molecular weight is 398 g/mol. The van der Waals surface area contributed by atoms with E-state index < -0.39 is 0 Å². The Labute approximate surface area is 174 Å². The summed E-state index contributed by atoms with van der Waals surface area (Å²) in [7, 11) is 0. The van der Waals surface area contributed by atoms with E-state index in [0.717, 1.165) is 12.1 Å². The van der Waals surface area contributed by atoms with Gasteiger partial charge in [-0.3, -0.25) is 4.79 Å². The topological polar surface area (TPSA) is 63.3 Å². The van der Waals surface area contributed by atoms with E-state index in [9.17, 15) is 4.79 Å². The van der Waals surface area contributed by atoms with Gasteiger partial charge < -0.3 is 14.6 Å². The molecule has 0 radical (unpaired) electrons. The van der Waals surface area contributed by atoms with Crippen LogP contribution in [0.5, 0.6) is 0 Å².